The zero-order chi connectivity index (χ0) is 12.6. The molecule has 0 fully saturated rings. The Kier molecular flexibility index (Phi) is 8.12. The van der Waals surface area contributed by atoms with Gasteiger partial charge in [-0.1, -0.05) is 39.0 Å². The largest absolute Gasteiger partial charge is 0.759 e. The van der Waals surface area contributed by atoms with Crippen LogP contribution in [0.1, 0.15) is 45.4 Å². The van der Waals surface area contributed by atoms with Crippen LogP contribution in [0, 0.1) is 0 Å². The van der Waals surface area contributed by atoms with Gasteiger partial charge < -0.3 is 4.55 Å². The number of hydrogen-bond acceptors (Lipinski definition) is 4. The van der Waals surface area contributed by atoms with E-state index in [-0.39, 0.29) is 10.3 Å². The second-order valence-electron chi connectivity index (χ2n) is 3.56. The minimum absolute atomic E-state index is 0.0684. The fourth-order valence-electron chi connectivity index (χ4n) is 1.31. The summed E-state index contributed by atoms with van der Waals surface area (Å²) < 4.78 is 43.1. The SMILES string of the molecule is CCCCCCCCN(S(=O)[O-])S(N)(=O)=O. The summed E-state index contributed by atoms with van der Waals surface area (Å²) in [6.07, 6.45) is 5.67. The first kappa shape index (κ1) is 16.0. The lowest BCUT2D eigenvalue weighted by molar-refractivity contribution is 0.453. The van der Waals surface area contributed by atoms with Gasteiger partial charge in [0, 0.05) is 17.8 Å². The van der Waals surface area contributed by atoms with Crippen LogP contribution in [0.2, 0.25) is 0 Å². The predicted octanol–water partition coefficient (Wildman–Crippen LogP) is 0.647. The van der Waals surface area contributed by atoms with E-state index in [1.165, 1.54) is 0 Å². The third-order valence-electron chi connectivity index (χ3n) is 2.14. The molecule has 0 aromatic carbocycles. The van der Waals surface area contributed by atoms with Crippen LogP contribution >= 0.6 is 0 Å². The molecule has 0 saturated heterocycles. The van der Waals surface area contributed by atoms with Crippen molar-refractivity contribution < 1.29 is 17.2 Å². The van der Waals surface area contributed by atoms with E-state index in [4.69, 9.17) is 5.14 Å². The molecule has 0 aromatic rings. The molecule has 0 aliphatic carbocycles. The van der Waals surface area contributed by atoms with Crippen LogP contribution in [0.5, 0.6) is 0 Å². The van der Waals surface area contributed by atoms with Crippen molar-refractivity contribution in [2.24, 2.45) is 5.14 Å². The van der Waals surface area contributed by atoms with Gasteiger partial charge in [0.25, 0.3) is 10.2 Å². The maximum atomic E-state index is 10.8. The Labute approximate surface area is 99.8 Å². The fourth-order valence-corrected chi connectivity index (χ4v) is 2.65. The van der Waals surface area contributed by atoms with Crippen LogP contribution in [-0.4, -0.2) is 27.4 Å². The second-order valence-corrected chi connectivity index (χ2v) is 6.13. The van der Waals surface area contributed by atoms with Crippen LogP contribution in [0.3, 0.4) is 0 Å². The molecule has 0 bridgehead atoms. The lowest BCUT2D eigenvalue weighted by Gasteiger charge is -2.20. The van der Waals surface area contributed by atoms with Crippen molar-refractivity contribution in [3.8, 4) is 0 Å². The number of hydrogen-bond donors (Lipinski definition) is 1. The van der Waals surface area contributed by atoms with Gasteiger partial charge in [-0.15, -0.1) is 3.71 Å². The lowest BCUT2D eigenvalue weighted by atomic mass is 10.1. The van der Waals surface area contributed by atoms with Crippen molar-refractivity contribution in [3.05, 3.63) is 0 Å². The van der Waals surface area contributed by atoms with Gasteiger partial charge in [0.2, 0.25) is 0 Å². The summed E-state index contributed by atoms with van der Waals surface area (Å²) in [6.45, 7) is 2.03. The number of nitrogens with two attached hydrogens (primary N) is 1. The number of nitrogens with zero attached hydrogens (tertiary/aromatic N) is 1. The molecule has 0 saturated carbocycles. The van der Waals surface area contributed by atoms with Crippen LogP contribution in [0.15, 0.2) is 0 Å². The number of unbranched alkanes of at least 4 members (excludes halogenated alkanes) is 5. The van der Waals surface area contributed by atoms with Gasteiger partial charge in [0.05, 0.1) is 0 Å². The predicted molar refractivity (Wildman–Crippen MR) is 62.1 cm³/mol. The monoisotopic (exact) mass is 271 g/mol. The normalized spacial score (nSPS) is 14.2. The minimum atomic E-state index is -4.14. The molecule has 0 rings (SSSR count). The third kappa shape index (κ3) is 7.29. The zero-order valence-corrected chi connectivity index (χ0v) is 11.1. The van der Waals surface area contributed by atoms with E-state index < -0.39 is 21.5 Å². The van der Waals surface area contributed by atoms with Crippen molar-refractivity contribution in [3.63, 3.8) is 0 Å². The molecule has 6 nitrogen and oxygen atoms in total. The van der Waals surface area contributed by atoms with Gasteiger partial charge in [-0.25, -0.2) is 5.14 Å². The van der Waals surface area contributed by atoms with Gasteiger partial charge in [-0.3, -0.25) is 4.21 Å². The molecule has 1 unspecified atom stereocenters. The van der Waals surface area contributed by atoms with E-state index in [2.05, 4.69) is 6.92 Å². The first-order chi connectivity index (χ1) is 7.39. The maximum absolute atomic E-state index is 10.8. The van der Waals surface area contributed by atoms with Crippen LogP contribution < -0.4 is 5.14 Å². The Balaban J connectivity index is 3.84. The Bertz CT molecular complexity index is 305. The Morgan fingerprint density at radius 1 is 1.19 bits per heavy atom. The lowest BCUT2D eigenvalue weighted by Crippen LogP contribution is -2.38. The van der Waals surface area contributed by atoms with Gasteiger partial charge >= 0.3 is 0 Å². The van der Waals surface area contributed by atoms with E-state index in [0.717, 1.165) is 32.1 Å². The first-order valence-corrected chi connectivity index (χ1v) is 7.83. The first-order valence-electron chi connectivity index (χ1n) is 5.29. The molecule has 1 atom stereocenters. The zero-order valence-electron chi connectivity index (χ0n) is 9.42. The van der Waals surface area contributed by atoms with Crippen molar-refractivity contribution in [2.45, 2.75) is 45.4 Å². The summed E-state index contributed by atoms with van der Waals surface area (Å²) in [4.78, 5) is 0. The molecule has 98 valence electrons. The Morgan fingerprint density at radius 3 is 2.12 bits per heavy atom. The van der Waals surface area contributed by atoms with Crippen LogP contribution in [-0.2, 0) is 21.5 Å². The summed E-state index contributed by atoms with van der Waals surface area (Å²) in [5.41, 5.74) is 0. The van der Waals surface area contributed by atoms with Gasteiger partial charge in [0.1, 0.15) is 0 Å². The highest BCUT2D eigenvalue weighted by molar-refractivity contribution is 7.97. The molecule has 0 amide bonds. The van der Waals surface area contributed by atoms with Gasteiger partial charge in [-0.05, 0) is 6.42 Å². The van der Waals surface area contributed by atoms with E-state index >= 15 is 0 Å². The standard InChI is InChI=1S/C8H20N2O4S2/c1-2-3-4-5-6-7-8-10(15(11)12)16(9,13)14/h2-8H2,1H3,(H,11,12)(H2,9,13,14)/p-1. The summed E-state index contributed by atoms with van der Waals surface area (Å²) in [6, 6.07) is 0. The molecule has 0 aromatic heterocycles. The highest BCUT2D eigenvalue weighted by Gasteiger charge is 2.17. The van der Waals surface area contributed by atoms with E-state index in [1.54, 1.807) is 0 Å². The molecule has 16 heavy (non-hydrogen) atoms. The maximum Gasteiger partial charge on any atom is 0.287 e. The Morgan fingerprint density at radius 2 is 1.69 bits per heavy atom. The van der Waals surface area contributed by atoms with Crippen LogP contribution in [0.4, 0.5) is 0 Å². The molecule has 0 spiro atoms. The summed E-state index contributed by atoms with van der Waals surface area (Å²) in [5, 5.41) is 4.75. The van der Waals surface area contributed by atoms with Crippen molar-refractivity contribution in [2.75, 3.05) is 6.54 Å². The Hall–Kier alpha value is -0.0200. The minimum Gasteiger partial charge on any atom is -0.759 e. The highest BCUT2D eigenvalue weighted by Crippen LogP contribution is 2.07. The van der Waals surface area contributed by atoms with Crippen molar-refractivity contribution in [1.82, 2.24) is 3.71 Å². The molecule has 8 heteroatoms. The van der Waals surface area contributed by atoms with E-state index in [1.807, 2.05) is 0 Å². The quantitative estimate of drug-likeness (QED) is 0.491. The van der Waals surface area contributed by atoms with Crippen molar-refractivity contribution >= 4 is 21.5 Å². The average molecular weight is 271 g/mol. The van der Waals surface area contributed by atoms with Gasteiger partial charge in [0.15, 0.2) is 0 Å². The van der Waals surface area contributed by atoms with Crippen molar-refractivity contribution in [1.29, 1.82) is 0 Å². The van der Waals surface area contributed by atoms with Crippen LogP contribution in [0.25, 0.3) is 0 Å². The topological polar surface area (TPSA) is 104 Å². The summed E-state index contributed by atoms with van der Waals surface area (Å²) in [7, 11) is -4.14. The highest BCUT2D eigenvalue weighted by atomic mass is 32.3. The van der Waals surface area contributed by atoms with E-state index in [0.29, 0.717) is 6.42 Å². The molecule has 0 aliphatic heterocycles. The van der Waals surface area contributed by atoms with Gasteiger partial charge in [-0.2, -0.15) is 8.42 Å². The third-order valence-corrected chi connectivity index (χ3v) is 4.40. The molecular formula is C8H19N2O4S2-. The molecule has 0 heterocycles. The van der Waals surface area contributed by atoms with E-state index in [9.17, 15) is 17.2 Å². The molecular weight excluding hydrogens is 252 g/mol. The average Bonchev–Trinajstić information content (AvgIpc) is 2.13. The smallest absolute Gasteiger partial charge is 0.287 e. The summed E-state index contributed by atoms with van der Waals surface area (Å²) >= 11 is -2.81. The second kappa shape index (κ2) is 8.13. The summed E-state index contributed by atoms with van der Waals surface area (Å²) in [5.74, 6) is 0. The molecule has 0 aliphatic rings. The molecule has 2 N–H and O–H groups in total. The fraction of sp³-hybridized carbons (Fsp3) is 1.00. The number of rotatable bonds is 9. The molecule has 0 radical (unpaired) electrons.